The first-order valence-electron chi connectivity index (χ1n) is 10.1. The summed E-state index contributed by atoms with van der Waals surface area (Å²) in [7, 11) is -2.85. The average Bonchev–Trinajstić information content (AvgIpc) is 2.74. The van der Waals surface area contributed by atoms with Gasteiger partial charge in [-0.1, -0.05) is 82.7 Å². The van der Waals surface area contributed by atoms with Crippen molar-refractivity contribution in [1.82, 2.24) is 0 Å². The average molecular weight is 469 g/mol. The zero-order chi connectivity index (χ0) is 20.3. The fourth-order valence-electron chi connectivity index (χ4n) is 4.31. The summed E-state index contributed by atoms with van der Waals surface area (Å²) in [5.74, 6) is 0.998. The van der Waals surface area contributed by atoms with Crippen LogP contribution in [0.3, 0.4) is 0 Å². The molecule has 0 spiro atoms. The van der Waals surface area contributed by atoms with E-state index in [0.29, 0.717) is 0 Å². The molecule has 2 nitrogen and oxygen atoms in total. The molecule has 0 bridgehead atoms. The van der Waals surface area contributed by atoms with Crippen molar-refractivity contribution in [2.45, 2.75) is 25.7 Å². The van der Waals surface area contributed by atoms with E-state index in [4.69, 9.17) is 0 Å². The lowest BCUT2D eigenvalue weighted by Crippen LogP contribution is -2.15. The van der Waals surface area contributed by atoms with Crippen molar-refractivity contribution in [1.29, 1.82) is 0 Å². The monoisotopic (exact) mass is 468 g/mol. The molecule has 3 aromatic carbocycles. The smallest absolute Gasteiger partial charge is 0.175 e. The molecule has 0 saturated carbocycles. The molecule has 29 heavy (non-hydrogen) atoms. The lowest BCUT2D eigenvalue weighted by atomic mass is 9.80. The Hall–Kier alpha value is -1.91. The van der Waals surface area contributed by atoms with Gasteiger partial charge in [0.25, 0.3) is 0 Å². The summed E-state index contributed by atoms with van der Waals surface area (Å²) in [6, 6.07) is 18.1. The van der Waals surface area contributed by atoms with Crippen LogP contribution < -0.4 is 0 Å². The molecule has 0 N–H and O–H groups in total. The van der Waals surface area contributed by atoms with Crippen molar-refractivity contribution in [2.75, 3.05) is 11.1 Å². The normalized spacial score (nSPS) is 19.6. The number of benzene rings is 3. The van der Waals surface area contributed by atoms with Gasteiger partial charge >= 0.3 is 0 Å². The van der Waals surface area contributed by atoms with E-state index in [-0.39, 0.29) is 5.75 Å². The number of aryl methyl sites for hydroxylation is 1. The van der Waals surface area contributed by atoms with E-state index in [9.17, 15) is 8.42 Å². The van der Waals surface area contributed by atoms with Gasteiger partial charge in [0, 0.05) is 10.7 Å². The minimum Gasteiger partial charge on any atom is -0.224 e. The Balaban J connectivity index is 0.000000216. The summed E-state index contributed by atoms with van der Waals surface area (Å²) in [6.07, 6.45) is 10.0. The van der Waals surface area contributed by atoms with Gasteiger partial charge < -0.3 is 0 Å². The molecule has 5 rings (SSSR count). The first-order valence-corrected chi connectivity index (χ1v) is 13.0. The van der Waals surface area contributed by atoms with Crippen LogP contribution >= 0.6 is 15.9 Å². The van der Waals surface area contributed by atoms with Gasteiger partial charge in [-0.3, -0.25) is 0 Å². The first kappa shape index (κ1) is 20.4. The maximum Gasteiger partial charge on any atom is 0.175 e. The maximum absolute atomic E-state index is 10.5. The van der Waals surface area contributed by atoms with Crippen LogP contribution in [0, 0.1) is 5.92 Å². The highest BCUT2D eigenvalue weighted by atomic mass is 79.9. The molecule has 1 heterocycles. The lowest BCUT2D eigenvalue weighted by Gasteiger charge is -2.25. The molecule has 0 saturated heterocycles. The minimum atomic E-state index is -2.85. The van der Waals surface area contributed by atoms with E-state index in [1.165, 1.54) is 58.7 Å². The number of fused-ring (bicyclic) bond motifs is 5. The third-order valence-corrected chi connectivity index (χ3v) is 7.52. The quantitative estimate of drug-likeness (QED) is 0.323. The van der Waals surface area contributed by atoms with Crippen molar-refractivity contribution in [3.8, 4) is 0 Å². The number of alkyl halides is 1. The third-order valence-electron chi connectivity index (χ3n) is 5.83. The standard InChI is InChI=1S/C20H19Br.C5H6O2S/c21-12-11-14-5-6-16-8-9-18-17-4-2-1-3-15(17)7-10-19(18)20(16)13-14;6-8(7)4-2-1-3-5-8/h1-4,7-10,14H,5-6,11-13H2;1-4H,5H2. The van der Waals surface area contributed by atoms with Crippen LogP contribution in [0.25, 0.3) is 21.5 Å². The van der Waals surface area contributed by atoms with Crippen LogP contribution in [-0.2, 0) is 22.7 Å². The molecule has 1 atom stereocenters. The van der Waals surface area contributed by atoms with Crippen molar-refractivity contribution >= 4 is 47.3 Å². The van der Waals surface area contributed by atoms with E-state index in [1.807, 2.05) is 0 Å². The first-order chi connectivity index (χ1) is 14.1. The van der Waals surface area contributed by atoms with Crippen molar-refractivity contribution < 1.29 is 8.42 Å². The Morgan fingerprint density at radius 3 is 2.48 bits per heavy atom. The Bertz CT molecular complexity index is 1190. The molecule has 0 aromatic heterocycles. The van der Waals surface area contributed by atoms with Gasteiger partial charge in [0.15, 0.2) is 9.84 Å². The van der Waals surface area contributed by atoms with Gasteiger partial charge in [-0.05, 0) is 64.3 Å². The van der Waals surface area contributed by atoms with Crippen LogP contribution in [0.15, 0.2) is 72.2 Å². The molecular weight excluding hydrogens is 444 g/mol. The minimum absolute atomic E-state index is 0.156. The summed E-state index contributed by atoms with van der Waals surface area (Å²) in [4.78, 5) is 0. The molecule has 2 aliphatic rings. The molecular formula is C25H25BrO2S. The van der Waals surface area contributed by atoms with E-state index >= 15 is 0 Å². The van der Waals surface area contributed by atoms with E-state index in [1.54, 1.807) is 23.3 Å². The van der Waals surface area contributed by atoms with Crippen LogP contribution in [0.1, 0.15) is 24.0 Å². The van der Waals surface area contributed by atoms with Gasteiger partial charge in [-0.2, -0.15) is 0 Å². The van der Waals surface area contributed by atoms with Crippen LogP contribution in [-0.4, -0.2) is 19.5 Å². The second-order valence-electron chi connectivity index (χ2n) is 7.76. The van der Waals surface area contributed by atoms with Gasteiger partial charge in [0.1, 0.15) is 0 Å². The summed E-state index contributed by atoms with van der Waals surface area (Å²) < 4.78 is 21.0. The predicted octanol–water partition coefficient (Wildman–Crippen LogP) is 6.37. The number of halogens is 1. The van der Waals surface area contributed by atoms with E-state index in [0.717, 1.165) is 11.2 Å². The number of hydrogen-bond acceptors (Lipinski definition) is 2. The van der Waals surface area contributed by atoms with Gasteiger partial charge in [-0.25, -0.2) is 8.42 Å². The lowest BCUT2D eigenvalue weighted by molar-refractivity contribution is 0.451. The fourth-order valence-corrected chi connectivity index (χ4v) is 5.78. The molecule has 1 aliphatic carbocycles. The highest BCUT2D eigenvalue weighted by molar-refractivity contribution is 9.09. The number of rotatable bonds is 2. The van der Waals surface area contributed by atoms with Crippen LogP contribution in [0.5, 0.6) is 0 Å². The molecule has 0 fully saturated rings. The van der Waals surface area contributed by atoms with Crippen molar-refractivity contribution in [2.24, 2.45) is 5.92 Å². The van der Waals surface area contributed by atoms with Gasteiger partial charge in [-0.15, -0.1) is 0 Å². The Morgan fingerprint density at radius 2 is 1.76 bits per heavy atom. The molecule has 3 aromatic rings. The van der Waals surface area contributed by atoms with Crippen LogP contribution in [0.4, 0.5) is 0 Å². The second-order valence-corrected chi connectivity index (χ2v) is 10.5. The largest absolute Gasteiger partial charge is 0.224 e. The third kappa shape index (κ3) is 4.65. The molecule has 1 unspecified atom stereocenters. The molecule has 0 amide bonds. The van der Waals surface area contributed by atoms with Gasteiger partial charge in [0.2, 0.25) is 0 Å². The van der Waals surface area contributed by atoms with Crippen LogP contribution in [0.2, 0.25) is 0 Å². The molecule has 0 radical (unpaired) electrons. The summed E-state index contributed by atoms with van der Waals surface area (Å²) in [5, 5.41) is 7.98. The Morgan fingerprint density at radius 1 is 0.931 bits per heavy atom. The Kier molecular flexibility index (Phi) is 6.21. The second kappa shape index (κ2) is 8.85. The summed E-state index contributed by atoms with van der Waals surface area (Å²) in [5.41, 5.74) is 3.18. The highest BCUT2D eigenvalue weighted by Crippen LogP contribution is 2.35. The number of sulfone groups is 1. The maximum atomic E-state index is 10.5. The van der Waals surface area contributed by atoms with E-state index < -0.39 is 9.84 Å². The zero-order valence-corrected chi connectivity index (χ0v) is 18.8. The fraction of sp³-hybridized carbons (Fsp3) is 0.280. The number of hydrogen-bond donors (Lipinski definition) is 0. The highest BCUT2D eigenvalue weighted by Gasteiger charge is 2.20. The molecule has 1 aliphatic heterocycles. The SMILES string of the molecule is BrCCC1CCc2ccc3c(ccc4ccccc43)c2C1.O=S1(=O)C=CC=CC1. The Labute approximate surface area is 181 Å². The predicted molar refractivity (Wildman–Crippen MR) is 127 cm³/mol. The van der Waals surface area contributed by atoms with Crippen molar-refractivity contribution in [3.05, 3.63) is 83.3 Å². The molecule has 4 heteroatoms. The summed E-state index contributed by atoms with van der Waals surface area (Å²) >= 11 is 3.61. The number of allylic oxidation sites excluding steroid dienone is 2. The van der Waals surface area contributed by atoms with Crippen molar-refractivity contribution in [3.63, 3.8) is 0 Å². The summed E-state index contributed by atoms with van der Waals surface area (Å²) in [6.45, 7) is 0. The van der Waals surface area contributed by atoms with E-state index in [2.05, 4.69) is 64.5 Å². The zero-order valence-electron chi connectivity index (χ0n) is 16.4. The topological polar surface area (TPSA) is 34.1 Å². The van der Waals surface area contributed by atoms with Gasteiger partial charge in [0.05, 0.1) is 5.75 Å². The molecule has 150 valence electrons.